The fourth-order valence-electron chi connectivity index (χ4n) is 4.08. The van der Waals surface area contributed by atoms with Crippen LogP contribution in [0.5, 0.6) is 0 Å². The van der Waals surface area contributed by atoms with Gasteiger partial charge in [0.1, 0.15) is 11.6 Å². The van der Waals surface area contributed by atoms with E-state index < -0.39 is 0 Å². The molecule has 5 nitrogen and oxygen atoms in total. The predicted molar refractivity (Wildman–Crippen MR) is 120 cm³/mol. The van der Waals surface area contributed by atoms with E-state index in [0.29, 0.717) is 27.7 Å². The van der Waals surface area contributed by atoms with Crippen LogP contribution in [0.25, 0.3) is 11.3 Å². The Balaban J connectivity index is 1.50. The summed E-state index contributed by atoms with van der Waals surface area (Å²) in [7, 11) is 0. The van der Waals surface area contributed by atoms with E-state index in [-0.39, 0.29) is 0 Å². The van der Waals surface area contributed by atoms with Crippen molar-refractivity contribution in [3.63, 3.8) is 0 Å². The second kappa shape index (κ2) is 9.96. The van der Waals surface area contributed by atoms with E-state index in [2.05, 4.69) is 15.6 Å². The van der Waals surface area contributed by atoms with E-state index in [1.165, 1.54) is 32.1 Å². The number of ether oxygens (including phenoxy) is 1. The van der Waals surface area contributed by atoms with Crippen LogP contribution in [0.1, 0.15) is 44.9 Å². The third-order valence-corrected chi connectivity index (χ3v) is 6.43. The van der Waals surface area contributed by atoms with E-state index in [4.69, 9.17) is 32.9 Å². The van der Waals surface area contributed by atoms with Gasteiger partial charge in [0, 0.05) is 37.6 Å². The minimum atomic E-state index is 0.473. The SMILES string of the molecule is Clc1cnc(NC2CCCCC2)cc1-c1nc(NCC2CCOCC2)ccc1Cl. The van der Waals surface area contributed by atoms with Crippen LogP contribution in [-0.2, 0) is 4.74 Å². The molecule has 0 spiro atoms. The van der Waals surface area contributed by atoms with Crippen LogP contribution < -0.4 is 10.6 Å². The van der Waals surface area contributed by atoms with Gasteiger partial charge in [-0.2, -0.15) is 0 Å². The topological polar surface area (TPSA) is 59.1 Å². The summed E-state index contributed by atoms with van der Waals surface area (Å²) in [5.41, 5.74) is 1.49. The molecule has 3 heterocycles. The Morgan fingerprint density at radius 3 is 2.55 bits per heavy atom. The summed E-state index contributed by atoms with van der Waals surface area (Å²) >= 11 is 13.0. The molecule has 2 aromatic rings. The molecule has 29 heavy (non-hydrogen) atoms. The van der Waals surface area contributed by atoms with Gasteiger partial charge in [-0.25, -0.2) is 9.97 Å². The van der Waals surface area contributed by atoms with Gasteiger partial charge in [-0.15, -0.1) is 0 Å². The smallest absolute Gasteiger partial charge is 0.126 e. The molecule has 7 heteroatoms. The van der Waals surface area contributed by atoms with Crippen molar-refractivity contribution in [2.45, 2.75) is 51.0 Å². The average Bonchev–Trinajstić information content (AvgIpc) is 2.76. The lowest BCUT2D eigenvalue weighted by Crippen LogP contribution is -2.23. The molecule has 2 N–H and O–H groups in total. The monoisotopic (exact) mass is 434 g/mol. The lowest BCUT2D eigenvalue weighted by molar-refractivity contribution is 0.0699. The van der Waals surface area contributed by atoms with Crippen molar-refractivity contribution in [2.24, 2.45) is 5.92 Å². The molecule has 2 fully saturated rings. The highest BCUT2D eigenvalue weighted by Crippen LogP contribution is 2.34. The van der Waals surface area contributed by atoms with Gasteiger partial charge in [0.25, 0.3) is 0 Å². The quantitative estimate of drug-likeness (QED) is 0.580. The van der Waals surface area contributed by atoms with Gasteiger partial charge in [0.15, 0.2) is 0 Å². The zero-order chi connectivity index (χ0) is 20.1. The molecule has 0 amide bonds. The third kappa shape index (κ3) is 5.53. The van der Waals surface area contributed by atoms with Crippen LogP contribution in [0, 0.1) is 5.92 Å². The Hall–Kier alpha value is -1.56. The van der Waals surface area contributed by atoms with Crippen molar-refractivity contribution in [2.75, 3.05) is 30.4 Å². The van der Waals surface area contributed by atoms with Gasteiger partial charge in [-0.1, -0.05) is 42.5 Å². The summed E-state index contributed by atoms with van der Waals surface area (Å²) in [6.07, 6.45) is 10.1. The van der Waals surface area contributed by atoms with Crippen molar-refractivity contribution in [1.29, 1.82) is 0 Å². The maximum absolute atomic E-state index is 6.49. The number of halogens is 2. The number of hydrogen-bond acceptors (Lipinski definition) is 5. The normalized spacial score (nSPS) is 18.6. The van der Waals surface area contributed by atoms with Crippen LogP contribution in [0.3, 0.4) is 0 Å². The van der Waals surface area contributed by atoms with E-state index >= 15 is 0 Å². The fraction of sp³-hybridized carbons (Fsp3) is 0.545. The number of nitrogens with zero attached hydrogens (tertiary/aromatic N) is 2. The Bertz CT molecular complexity index is 820. The zero-order valence-electron chi connectivity index (χ0n) is 16.6. The van der Waals surface area contributed by atoms with Crippen molar-refractivity contribution in [3.8, 4) is 11.3 Å². The molecule has 4 rings (SSSR count). The Morgan fingerprint density at radius 1 is 0.966 bits per heavy atom. The van der Waals surface area contributed by atoms with E-state index in [1.807, 2.05) is 18.2 Å². The van der Waals surface area contributed by atoms with Gasteiger partial charge in [-0.3, -0.25) is 0 Å². The summed E-state index contributed by atoms with van der Waals surface area (Å²) in [5, 5.41) is 8.14. The minimum absolute atomic E-state index is 0.473. The van der Waals surface area contributed by atoms with Crippen molar-refractivity contribution in [3.05, 3.63) is 34.4 Å². The standard InChI is InChI=1S/C22H28Cl2N4O/c23-18-6-7-20(25-13-15-8-10-29-11-9-15)28-22(18)17-12-21(26-14-19(17)24)27-16-4-2-1-3-5-16/h6-7,12,14-16H,1-5,8-11,13H2,(H,25,28)(H,26,27). The number of anilines is 2. The third-order valence-electron chi connectivity index (χ3n) is 5.83. The molecule has 1 aliphatic carbocycles. The van der Waals surface area contributed by atoms with Crippen LogP contribution in [0.4, 0.5) is 11.6 Å². The molecule has 0 atom stereocenters. The molecular formula is C22H28Cl2N4O. The number of rotatable bonds is 6. The van der Waals surface area contributed by atoms with E-state index in [1.54, 1.807) is 6.20 Å². The average molecular weight is 435 g/mol. The van der Waals surface area contributed by atoms with E-state index in [0.717, 1.165) is 49.8 Å². The second-order valence-corrected chi connectivity index (χ2v) is 8.81. The van der Waals surface area contributed by atoms with Crippen LogP contribution in [-0.4, -0.2) is 35.8 Å². The van der Waals surface area contributed by atoms with Crippen molar-refractivity contribution >= 4 is 34.8 Å². The summed E-state index contributed by atoms with van der Waals surface area (Å²) in [4.78, 5) is 9.23. The number of aromatic nitrogens is 2. The van der Waals surface area contributed by atoms with Crippen LogP contribution in [0.2, 0.25) is 10.0 Å². The molecule has 0 aromatic carbocycles. The Kier molecular flexibility index (Phi) is 7.11. The molecule has 0 bridgehead atoms. The molecule has 1 saturated carbocycles. The van der Waals surface area contributed by atoms with Crippen molar-refractivity contribution < 1.29 is 4.74 Å². The highest BCUT2D eigenvalue weighted by molar-refractivity contribution is 6.36. The van der Waals surface area contributed by atoms with Gasteiger partial charge < -0.3 is 15.4 Å². The first kappa shape index (κ1) is 20.7. The minimum Gasteiger partial charge on any atom is -0.381 e. The fourth-order valence-corrected chi connectivity index (χ4v) is 4.48. The molecule has 0 unspecified atom stereocenters. The Morgan fingerprint density at radius 2 is 1.76 bits per heavy atom. The van der Waals surface area contributed by atoms with Crippen molar-refractivity contribution in [1.82, 2.24) is 9.97 Å². The van der Waals surface area contributed by atoms with Crippen LogP contribution in [0.15, 0.2) is 24.4 Å². The highest BCUT2D eigenvalue weighted by Gasteiger charge is 2.17. The first-order valence-corrected chi connectivity index (χ1v) is 11.4. The maximum Gasteiger partial charge on any atom is 0.126 e. The maximum atomic E-state index is 6.49. The molecule has 1 aliphatic heterocycles. The lowest BCUT2D eigenvalue weighted by atomic mass is 9.95. The molecule has 1 saturated heterocycles. The summed E-state index contributed by atoms with van der Waals surface area (Å²) in [6.45, 7) is 2.57. The largest absolute Gasteiger partial charge is 0.381 e. The van der Waals surface area contributed by atoms with Gasteiger partial charge in [0.2, 0.25) is 0 Å². The molecule has 2 aromatic heterocycles. The van der Waals surface area contributed by atoms with Gasteiger partial charge in [-0.05, 0) is 49.8 Å². The summed E-state index contributed by atoms with van der Waals surface area (Å²) in [5.74, 6) is 2.25. The molecule has 156 valence electrons. The van der Waals surface area contributed by atoms with E-state index in [9.17, 15) is 0 Å². The molecule has 2 aliphatic rings. The zero-order valence-corrected chi connectivity index (χ0v) is 18.1. The number of nitrogens with one attached hydrogen (secondary N) is 2. The first-order chi connectivity index (χ1) is 14.2. The summed E-state index contributed by atoms with van der Waals surface area (Å²) < 4.78 is 5.44. The van der Waals surface area contributed by atoms with Crippen LogP contribution >= 0.6 is 23.2 Å². The second-order valence-electron chi connectivity index (χ2n) is 7.99. The van der Waals surface area contributed by atoms with Gasteiger partial charge in [0.05, 0.1) is 15.7 Å². The first-order valence-electron chi connectivity index (χ1n) is 10.6. The summed E-state index contributed by atoms with van der Waals surface area (Å²) in [6, 6.07) is 6.23. The predicted octanol–water partition coefficient (Wildman–Crippen LogP) is 6.03. The van der Waals surface area contributed by atoms with Gasteiger partial charge >= 0.3 is 0 Å². The molecule has 0 radical (unpaired) electrons. The lowest BCUT2D eigenvalue weighted by Gasteiger charge is -2.23. The Labute approximate surface area is 182 Å². The number of hydrogen-bond donors (Lipinski definition) is 2. The highest BCUT2D eigenvalue weighted by atomic mass is 35.5. The number of pyridine rings is 2. The molecular weight excluding hydrogens is 407 g/mol.